The third-order valence-electron chi connectivity index (χ3n) is 10.6. The van der Waals surface area contributed by atoms with Crippen molar-refractivity contribution >= 4 is 5.78 Å². The molecule has 4 rings (SSSR count). The highest BCUT2D eigenvalue weighted by atomic mass is 19.1. The minimum absolute atomic E-state index is 0.260. The number of ketones is 1. The van der Waals surface area contributed by atoms with E-state index < -0.39 is 0 Å². The Labute approximate surface area is 278 Å². The molecule has 2 aliphatic carbocycles. The molecular formula is C41H60F2O3. The van der Waals surface area contributed by atoms with E-state index >= 15 is 0 Å². The average molecular weight is 639 g/mol. The number of carbonyl (C=O) groups excluding carboxylic acids is 1. The van der Waals surface area contributed by atoms with E-state index in [9.17, 15) is 13.6 Å². The molecule has 0 N–H and O–H groups in total. The first-order valence-electron chi connectivity index (χ1n) is 18.7. The molecular weight excluding hydrogens is 578 g/mol. The lowest BCUT2D eigenvalue weighted by Gasteiger charge is -2.28. The van der Waals surface area contributed by atoms with Crippen molar-refractivity contribution in [3.8, 4) is 11.5 Å². The van der Waals surface area contributed by atoms with Gasteiger partial charge in [0.15, 0.2) is 0 Å². The second-order valence-electron chi connectivity index (χ2n) is 14.3. The number of hydrogen-bond donors (Lipinski definition) is 0. The molecule has 3 nitrogen and oxygen atoms in total. The summed E-state index contributed by atoms with van der Waals surface area (Å²) >= 11 is 0. The van der Waals surface area contributed by atoms with E-state index in [2.05, 4.69) is 24.3 Å². The van der Waals surface area contributed by atoms with Crippen LogP contribution in [-0.2, 0) is 17.6 Å². The largest absolute Gasteiger partial charge is 0.493 e. The molecule has 2 fully saturated rings. The number of Topliss-reactive ketones (excluding diaryl/α,β-unsaturated/α-hetero) is 1. The van der Waals surface area contributed by atoms with Crippen molar-refractivity contribution in [2.75, 3.05) is 26.6 Å². The van der Waals surface area contributed by atoms with Crippen molar-refractivity contribution in [2.24, 2.45) is 23.7 Å². The number of benzene rings is 2. The Balaban J connectivity index is 0.944. The highest BCUT2D eigenvalue weighted by molar-refractivity contribution is 5.78. The Hall–Kier alpha value is -2.43. The van der Waals surface area contributed by atoms with Gasteiger partial charge >= 0.3 is 0 Å². The molecule has 2 aromatic rings. The summed E-state index contributed by atoms with van der Waals surface area (Å²) < 4.78 is 36.8. The molecule has 0 heterocycles. The maximum absolute atomic E-state index is 12.5. The Bertz CT molecular complexity index is 984. The molecule has 0 bridgehead atoms. The molecule has 2 saturated carbocycles. The summed E-state index contributed by atoms with van der Waals surface area (Å²) in [5.41, 5.74) is 2.35. The molecule has 2 aliphatic rings. The van der Waals surface area contributed by atoms with Gasteiger partial charge in [0.1, 0.15) is 17.3 Å². The van der Waals surface area contributed by atoms with Gasteiger partial charge in [-0.05, 0) is 123 Å². The lowest BCUT2D eigenvalue weighted by atomic mass is 9.80. The van der Waals surface area contributed by atoms with Crippen LogP contribution in [0.2, 0.25) is 0 Å². The summed E-state index contributed by atoms with van der Waals surface area (Å²) in [7, 11) is 0. The SMILES string of the molecule is O=C(CCCCC1CCC(COc2ccc(CCCF)cc2)CC1)CCCC[C@H]1CC[C@H](COc2ccc(CCCF)cc2)CC1. The fraction of sp³-hybridized carbons (Fsp3) is 0.683. The van der Waals surface area contributed by atoms with Crippen LogP contribution in [-0.4, -0.2) is 32.3 Å². The van der Waals surface area contributed by atoms with Crippen molar-refractivity contribution in [3.05, 3.63) is 59.7 Å². The molecule has 0 unspecified atom stereocenters. The first kappa shape index (κ1) is 36.4. The number of carbonyl (C=O) groups is 1. The predicted octanol–water partition coefficient (Wildman–Crippen LogP) is 11.3. The number of halogens is 2. The summed E-state index contributed by atoms with van der Waals surface area (Å²) in [4.78, 5) is 12.5. The molecule has 46 heavy (non-hydrogen) atoms. The quantitative estimate of drug-likeness (QED) is 0.120. The van der Waals surface area contributed by atoms with Crippen LogP contribution in [0.15, 0.2) is 48.5 Å². The van der Waals surface area contributed by atoms with Crippen LogP contribution in [0.1, 0.15) is 127 Å². The lowest BCUT2D eigenvalue weighted by molar-refractivity contribution is -0.119. The molecule has 0 radical (unpaired) electrons. The van der Waals surface area contributed by atoms with E-state index in [0.717, 1.165) is 75.1 Å². The third-order valence-corrected chi connectivity index (χ3v) is 10.6. The standard InChI is InChI=1S/C41H60F2O3/c42-29-5-9-35-21-25-40(26-22-35)45-31-37-17-13-33(14-18-37)7-1-3-11-39(44)12-4-2-8-34-15-19-38(20-16-34)32-46-41-27-23-36(24-28-41)10-6-30-43/h21-28,33-34,37-38H,1-20,29-32H2/t33-,34?,37-,38?. The molecule has 5 heteroatoms. The normalized spacial score (nSPS) is 21.6. The zero-order valence-corrected chi connectivity index (χ0v) is 28.4. The van der Waals surface area contributed by atoms with Crippen molar-refractivity contribution < 1.29 is 23.0 Å². The molecule has 0 atom stereocenters. The summed E-state index contributed by atoms with van der Waals surface area (Å²) in [5, 5.41) is 0. The van der Waals surface area contributed by atoms with E-state index in [0.29, 0.717) is 30.5 Å². The van der Waals surface area contributed by atoms with Gasteiger partial charge in [-0.15, -0.1) is 0 Å². The smallest absolute Gasteiger partial charge is 0.132 e. The summed E-state index contributed by atoms with van der Waals surface area (Å²) in [6.45, 7) is 1.07. The molecule has 0 amide bonds. The van der Waals surface area contributed by atoms with Crippen LogP contribution in [0.4, 0.5) is 8.78 Å². The van der Waals surface area contributed by atoms with Crippen LogP contribution >= 0.6 is 0 Å². The Morgan fingerprint density at radius 3 is 1.26 bits per heavy atom. The summed E-state index contributed by atoms with van der Waals surface area (Å²) in [6, 6.07) is 16.3. The van der Waals surface area contributed by atoms with Crippen LogP contribution in [0.25, 0.3) is 0 Å². The van der Waals surface area contributed by atoms with Crippen LogP contribution < -0.4 is 9.47 Å². The van der Waals surface area contributed by atoms with Gasteiger partial charge in [-0.3, -0.25) is 13.6 Å². The van der Waals surface area contributed by atoms with Crippen molar-refractivity contribution in [2.45, 2.75) is 128 Å². The second-order valence-corrected chi connectivity index (χ2v) is 14.3. The van der Waals surface area contributed by atoms with E-state index in [1.54, 1.807) is 0 Å². The maximum atomic E-state index is 12.5. The summed E-state index contributed by atoms with van der Waals surface area (Å²) in [5.74, 6) is 5.22. The van der Waals surface area contributed by atoms with Crippen molar-refractivity contribution in [3.63, 3.8) is 0 Å². The minimum Gasteiger partial charge on any atom is -0.493 e. The van der Waals surface area contributed by atoms with Crippen LogP contribution in [0.5, 0.6) is 11.5 Å². The average Bonchev–Trinajstić information content (AvgIpc) is 3.10. The van der Waals surface area contributed by atoms with Gasteiger partial charge in [0, 0.05) is 12.8 Å². The summed E-state index contributed by atoms with van der Waals surface area (Å²) in [6.07, 6.45) is 21.4. The van der Waals surface area contributed by atoms with Gasteiger partial charge < -0.3 is 9.47 Å². The van der Waals surface area contributed by atoms with Gasteiger partial charge in [-0.1, -0.05) is 75.6 Å². The second kappa shape index (κ2) is 21.4. The fourth-order valence-corrected chi connectivity index (χ4v) is 7.48. The maximum Gasteiger partial charge on any atom is 0.132 e. The molecule has 0 spiro atoms. The number of aryl methyl sites for hydroxylation is 2. The number of unbranched alkanes of at least 4 members (excludes halogenated alkanes) is 2. The Morgan fingerprint density at radius 2 is 0.891 bits per heavy atom. The Morgan fingerprint density at radius 1 is 0.522 bits per heavy atom. The predicted molar refractivity (Wildman–Crippen MR) is 185 cm³/mol. The van der Waals surface area contributed by atoms with Gasteiger partial charge in [-0.25, -0.2) is 0 Å². The first-order chi connectivity index (χ1) is 22.6. The highest BCUT2D eigenvalue weighted by Gasteiger charge is 2.23. The zero-order chi connectivity index (χ0) is 32.2. The molecule has 2 aromatic carbocycles. The van der Waals surface area contributed by atoms with E-state index in [-0.39, 0.29) is 13.3 Å². The van der Waals surface area contributed by atoms with Crippen molar-refractivity contribution in [1.29, 1.82) is 0 Å². The highest BCUT2D eigenvalue weighted by Crippen LogP contribution is 2.34. The monoisotopic (exact) mass is 638 g/mol. The number of ether oxygens (including phenoxy) is 2. The number of rotatable bonds is 22. The first-order valence-corrected chi connectivity index (χ1v) is 18.7. The van der Waals surface area contributed by atoms with Gasteiger partial charge in [0.05, 0.1) is 26.6 Å². The number of hydrogen-bond acceptors (Lipinski definition) is 3. The lowest BCUT2D eigenvalue weighted by Crippen LogP contribution is -2.20. The van der Waals surface area contributed by atoms with Crippen molar-refractivity contribution in [1.82, 2.24) is 0 Å². The van der Waals surface area contributed by atoms with E-state index in [1.165, 1.54) is 88.2 Å². The molecule has 0 aliphatic heterocycles. The van der Waals surface area contributed by atoms with Gasteiger partial charge in [0.2, 0.25) is 0 Å². The van der Waals surface area contributed by atoms with Gasteiger partial charge in [-0.2, -0.15) is 0 Å². The molecule has 0 saturated heterocycles. The molecule has 0 aromatic heterocycles. The van der Waals surface area contributed by atoms with Gasteiger partial charge in [0.25, 0.3) is 0 Å². The topological polar surface area (TPSA) is 35.5 Å². The molecule has 256 valence electrons. The van der Waals surface area contributed by atoms with E-state index in [1.807, 2.05) is 24.3 Å². The Kier molecular flexibility index (Phi) is 17.0. The minimum atomic E-state index is -0.260. The number of alkyl halides is 2. The zero-order valence-electron chi connectivity index (χ0n) is 28.4. The third kappa shape index (κ3) is 14.1. The van der Waals surface area contributed by atoms with Crippen LogP contribution in [0, 0.1) is 23.7 Å². The van der Waals surface area contributed by atoms with Crippen LogP contribution in [0.3, 0.4) is 0 Å². The van der Waals surface area contributed by atoms with E-state index in [4.69, 9.17) is 9.47 Å². The fourth-order valence-electron chi connectivity index (χ4n) is 7.48.